The number of nitrogens with one attached hydrogen (secondary N) is 1. The number of rotatable bonds is 3. The van der Waals surface area contributed by atoms with E-state index in [0.29, 0.717) is 18.0 Å². The smallest absolute Gasteiger partial charge is 0.157 e. The average Bonchev–Trinajstić information content (AvgIpc) is 2.74. The lowest BCUT2D eigenvalue weighted by molar-refractivity contribution is 0.372. The van der Waals surface area contributed by atoms with Gasteiger partial charge in [-0.05, 0) is 18.8 Å². The summed E-state index contributed by atoms with van der Waals surface area (Å²) in [5.41, 5.74) is 7.81. The second kappa shape index (κ2) is 4.24. The first-order valence-electron chi connectivity index (χ1n) is 6.50. The van der Waals surface area contributed by atoms with Gasteiger partial charge in [0.1, 0.15) is 5.82 Å². The van der Waals surface area contributed by atoms with Crippen molar-refractivity contribution in [2.45, 2.75) is 44.7 Å². The maximum Gasteiger partial charge on any atom is 0.157 e. The second-order valence-corrected chi connectivity index (χ2v) is 5.39. The zero-order valence-corrected chi connectivity index (χ0v) is 10.8. The highest BCUT2D eigenvalue weighted by molar-refractivity contribution is 5.50. The Kier molecular flexibility index (Phi) is 2.70. The van der Waals surface area contributed by atoms with E-state index >= 15 is 0 Å². The predicted octanol–water partition coefficient (Wildman–Crippen LogP) is 1.75. The molecule has 5 nitrogen and oxygen atoms in total. The van der Waals surface area contributed by atoms with Crippen LogP contribution in [0.3, 0.4) is 0 Å². The number of nitrogens with zero attached hydrogens (tertiary/aromatic N) is 3. The van der Waals surface area contributed by atoms with Crippen LogP contribution in [0, 0.1) is 0 Å². The summed E-state index contributed by atoms with van der Waals surface area (Å²) in [4.78, 5) is 4.60. The van der Waals surface area contributed by atoms with E-state index in [2.05, 4.69) is 35.3 Å². The quantitative estimate of drug-likeness (QED) is 0.864. The van der Waals surface area contributed by atoms with E-state index in [1.807, 2.05) is 10.6 Å². The summed E-state index contributed by atoms with van der Waals surface area (Å²) in [7, 11) is 0. The molecule has 2 aromatic heterocycles. The molecule has 1 saturated carbocycles. The molecule has 0 atom stereocenters. The lowest BCUT2D eigenvalue weighted by Gasteiger charge is -2.33. The summed E-state index contributed by atoms with van der Waals surface area (Å²) in [5.74, 6) is 1.43. The first kappa shape index (κ1) is 11.5. The fourth-order valence-electron chi connectivity index (χ4n) is 2.32. The van der Waals surface area contributed by atoms with Gasteiger partial charge in [-0.15, -0.1) is 0 Å². The highest BCUT2D eigenvalue weighted by Crippen LogP contribution is 2.24. The van der Waals surface area contributed by atoms with Gasteiger partial charge in [0.2, 0.25) is 0 Å². The molecular formula is C13H19N5. The van der Waals surface area contributed by atoms with Crippen molar-refractivity contribution in [2.75, 3.05) is 5.32 Å². The largest absolute Gasteiger partial charge is 0.367 e. The van der Waals surface area contributed by atoms with Crippen molar-refractivity contribution in [1.29, 1.82) is 0 Å². The first-order valence-corrected chi connectivity index (χ1v) is 6.50. The molecule has 96 valence electrons. The monoisotopic (exact) mass is 245 g/mol. The second-order valence-electron chi connectivity index (χ2n) is 5.39. The Balaban J connectivity index is 1.95. The molecule has 0 amide bonds. The maximum absolute atomic E-state index is 5.82. The minimum Gasteiger partial charge on any atom is -0.367 e. The molecule has 5 heteroatoms. The summed E-state index contributed by atoms with van der Waals surface area (Å²) in [6.45, 7) is 4.30. The van der Waals surface area contributed by atoms with Gasteiger partial charge in [0.25, 0.3) is 0 Å². The zero-order valence-electron chi connectivity index (χ0n) is 10.8. The third-order valence-corrected chi connectivity index (χ3v) is 3.50. The van der Waals surface area contributed by atoms with Gasteiger partial charge in [-0.2, -0.15) is 9.61 Å². The van der Waals surface area contributed by atoms with E-state index in [1.165, 1.54) is 0 Å². The van der Waals surface area contributed by atoms with Crippen LogP contribution in [0.2, 0.25) is 0 Å². The molecule has 2 aromatic rings. The number of hydrogen-bond donors (Lipinski definition) is 2. The van der Waals surface area contributed by atoms with Crippen LogP contribution in [0.15, 0.2) is 18.3 Å². The molecule has 0 spiro atoms. The van der Waals surface area contributed by atoms with Crippen molar-refractivity contribution < 1.29 is 0 Å². The van der Waals surface area contributed by atoms with Crippen LogP contribution in [0.1, 0.15) is 38.3 Å². The summed E-state index contributed by atoms with van der Waals surface area (Å²) in [6, 6.07) is 4.84. The van der Waals surface area contributed by atoms with E-state index in [0.717, 1.165) is 30.0 Å². The topological polar surface area (TPSA) is 68.2 Å². The van der Waals surface area contributed by atoms with Gasteiger partial charge in [0, 0.05) is 29.9 Å². The standard InChI is InChI=1S/C13H19N5/c1-8(2)11-7-13(16-10-5-9(14)6-10)18-12(17-11)3-4-15-18/h3-4,7-10,16H,5-6,14H2,1-2H3/t9-,10-. The molecule has 1 aliphatic carbocycles. The molecule has 18 heavy (non-hydrogen) atoms. The molecule has 2 heterocycles. The Morgan fingerprint density at radius 1 is 1.44 bits per heavy atom. The van der Waals surface area contributed by atoms with Crippen LogP contribution < -0.4 is 11.1 Å². The van der Waals surface area contributed by atoms with Crippen molar-refractivity contribution >= 4 is 11.5 Å². The Hall–Kier alpha value is -1.62. The molecule has 0 aromatic carbocycles. The van der Waals surface area contributed by atoms with Crippen LogP contribution >= 0.6 is 0 Å². The summed E-state index contributed by atoms with van der Waals surface area (Å²) < 4.78 is 1.86. The summed E-state index contributed by atoms with van der Waals surface area (Å²) in [5, 5.41) is 7.82. The first-order chi connectivity index (χ1) is 8.63. The van der Waals surface area contributed by atoms with Gasteiger partial charge in [0.05, 0.1) is 6.20 Å². The fraction of sp³-hybridized carbons (Fsp3) is 0.538. The number of fused-ring (bicyclic) bond motifs is 1. The zero-order chi connectivity index (χ0) is 12.7. The maximum atomic E-state index is 5.82. The van der Waals surface area contributed by atoms with Crippen LogP contribution in [-0.2, 0) is 0 Å². The molecule has 0 unspecified atom stereocenters. The van der Waals surface area contributed by atoms with Gasteiger partial charge in [-0.3, -0.25) is 0 Å². The van der Waals surface area contributed by atoms with Crippen LogP contribution in [0.25, 0.3) is 5.65 Å². The van der Waals surface area contributed by atoms with Crippen molar-refractivity contribution in [2.24, 2.45) is 5.73 Å². The molecule has 0 saturated heterocycles. The molecule has 1 fully saturated rings. The molecule has 1 aliphatic rings. The van der Waals surface area contributed by atoms with Crippen LogP contribution in [0.5, 0.6) is 0 Å². The molecule has 0 aliphatic heterocycles. The molecule has 3 rings (SSSR count). The minimum atomic E-state index is 0.349. The molecular weight excluding hydrogens is 226 g/mol. The summed E-state index contributed by atoms with van der Waals surface area (Å²) in [6.07, 6.45) is 3.84. The van der Waals surface area contributed by atoms with E-state index in [9.17, 15) is 0 Å². The Bertz CT molecular complexity index is 554. The van der Waals surface area contributed by atoms with Crippen molar-refractivity contribution in [3.63, 3.8) is 0 Å². The van der Waals surface area contributed by atoms with Gasteiger partial charge in [-0.25, -0.2) is 4.98 Å². The fourth-order valence-corrected chi connectivity index (χ4v) is 2.32. The van der Waals surface area contributed by atoms with Crippen molar-refractivity contribution in [3.8, 4) is 0 Å². The number of aromatic nitrogens is 3. The van der Waals surface area contributed by atoms with E-state index in [-0.39, 0.29) is 0 Å². The SMILES string of the molecule is CC(C)c1cc(N[C@H]2C[C@H](N)C2)n2nccc2n1. The average molecular weight is 245 g/mol. The van der Waals surface area contributed by atoms with E-state index < -0.39 is 0 Å². The molecule has 0 radical (unpaired) electrons. The predicted molar refractivity (Wildman–Crippen MR) is 71.7 cm³/mol. The van der Waals surface area contributed by atoms with Crippen LogP contribution in [-0.4, -0.2) is 26.7 Å². The van der Waals surface area contributed by atoms with Gasteiger partial charge in [0.15, 0.2) is 5.65 Å². The lowest BCUT2D eigenvalue weighted by atomic mass is 9.88. The Labute approximate surface area is 106 Å². The molecule has 3 N–H and O–H groups in total. The number of anilines is 1. The normalized spacial score (nSPS) is 23.3. The minimum absolute atomic E-state index is 0.349. The van der Waals surface area contributed by atoms with Crippen LogP contribution in [0.4, 0.5) is 5.82 Å². The van der Waals surface area contributed by atoms with Gasteiger partial charge >= 0.3 is 0 Å². The van der Waals surface area contributed by atoms with Crippen molar-refractivity contribution in [1.82, 2.24) is 14.6 Å². The van der Waals surface area contributed by atoms with Gasteiger partial charge < -0.3 is 11.1 Å². The molecule has 0 bridgehead atoms. The highest BCUT2D eigenvalue weighted by atomic mass is 15.3. The Morgan fingerprint density at radius 3 is 2.89 bits per heavy atom. The number of nitrogens with two attached hydrogens (primary N) is 1. The highest BCUT2D eigenvalue weighted by Gasteiger charge is 2.26. The van der Waals surface area contributed by atoms with Gasteiger partial charge in [-0.1, -0.05) is 13.8 Å². The third-order valence-electron chi connectivity index (χ3n) is 3.50. The van der Waals surface area contributed by atoms with E-state index in [4.69, 9.17) is 5.73 Å². The number of hydrogen-bond acceptors (Lipinski definition) is 4. The van der Waals surface area contributed by atoms with E-state index in [1.54, 1.807) is 6.20 Å². The summed E-state index contributed by atoms with van der Waals surface area (Å²) >= 11 is 0. The van der Waals surface area contributed by atoms with Crippen molar-refractivity contribution in [3.05, 3.63) is 24.0 Å². The lowest BCUT2D eigenvalue weighted by Crippen LogP contribution is -2.44. The third kappa shape index (κ3) is 1.95. The Morgan fingerprint density at radius 2 is 2.22 bits per heavy atom.